The zero-order chi connectivity index (χ0) is 17.5. The van der Waals surface area contributed by atoms with Crippen molar-refractivity contribution in [2.75, 3.05) is 5.73 Å². The van der Waals surface area contributed by atoms with Crippen molar-refractivity contribution in [1.82, 2.24) is 9.88 Å². The molecule has 0 spiro atoms. The molecule has 3 rings (SSSR count). The number of thiazole rings is 1. The molecule has 1 aromatic carbocycles. The third-order valence-electron chi connectivity index (χ3n) is 4.64. The Labute approximate surface area is 143 Å². The van der Waals surface area contributed by atoms with Crippen molar-refractivity contribution in [1.29, 1.82) is 0 Å². The molecule has 7 heteroatoms. The zero-order valence-corrected chi connectivity index (χ0v) is 14.4. The van der Waals surface area contributed by atoms with Gasteiger partial charge in [0.1, 0.15) is 0 Å². The molecule has 1 aromatic heterocycles. The van der Waals surface area contributed by atoms with Crippen LogP contribution in [-0.4, -0.2) is 22.0 Å². The van der Waals surface area contributed by atoms with Crippen LogP contribution in [0, 0.1) is 0 Å². The minimum Gasteiger partial charge on any atom is -0.375 e. The van der Waals surface area contributed by atoms with Crippen molar-refractivity contribution in [3.63, 3.8) is 0 Å². The normalized spacial score (nSPS) is 22.2. The number of rotatable bonds is 3. The van der Waals surface area contributed by atoms with Crippen LogP contribution in [0.15, 0.2) is 24.3 Å². The second-order valence-electron chi connectivity index (χ2n) is 6.35. The minimum absolute atomic E-state index is 0.386. The summed E-state index contributed by atoms with van der Waals surface area (Å²) in [5, 5.41) is 0.386. The van der Waals surface area contributed by atoms with Crippen molar-refractivity contribution in [2.45, 2.75) is 51.5 Å². The Morgan fingerprint density at radius 1 is 1.25 bits per heavy atom. The lowest BCUT2D eigenvalue weighted by Gasteiger charge is -2.25. The lowest BCUT2D eigenvalue weighted by atomic mass is 10.1. The maximum atomic E-state index is 13.0. The van der Waals surface area contributed by atoms with Gasteiger partial charge in [-0.3, -0.25) is 4.90 Å². The summed E-state index contributed by atoms with van der Waals surface area (Å²) in [5.74, 6) is 0. The van der Waals surface area contributed by atoms with Crippen LogP contribution < -0.4 is 5.73 Å². The molecular formula is C17H20F3N3S. The average molecular weight is 355 g/mol. The molecule has 130 valence electrons. The molecule has 1 fully saturated rings. The second-order valence-corrected chi connectivity index (χ2v) is 7.47. The first-order valence-electron chi connectivity index (χ1n) is 7.94. The smallest absolute Gasteiger partial charge is 0.375 e. The quantitative estimate of drug-likeness (QED) is 0.861. The summed E-state index contributed by atoms with van der Waals surface area (Å²) in [4.78, 5) is 7.59. The fourth-order valence-corrected chi connectivity index (χ4v) is 4.13. The molecule has 0 amide bonds. The fourth-order valence-electron chi connectivity index (χ4n) is 3.27. The summed E-state index contributed by atoms with van der Waals surface area (Å²) in [7, 11) is 0. The van der Waals surface area contributed by atoms with Gasteiger partial charge in [0.25, 0.3) is 0 Å². The number of nitrogens with zero attached hydrogens (tertiary/aromatic N) is 2. The number of halogens is 3. The number of anilines is 1. The van der Waals surface area contributed by atoms with Gasteiger partial charge in [-0.05, 0) is 38.8 Å². The van der Waals surface area contributed by atoms with Crippen molar-refractivity contribution in [3.8, 4) is 11.3 Å². The Bertz CT molecular complexity index is 716. The van der Waals surface area contributed by atoms with Gasteiger partial charge in [-0.1, -0.05) is 12.1 Å². The maximum Gasteiger partial charge on any atom is 0.416 e. The molecule has 2 heterocycles. The summed E-state index contributed by atoms with van der Waals surface area (Å²) in [5.41, 5.74) is 6.21. The standard InChI is InChI=1S/C17H20F3N3S/c1-10-6-7-11(2)23(10)9-14-15(22-16(21)24-14)12-4-3-5-13(8-12)17(18,19)20/h3-5,8,10-11H,6-7,9H2,1-2H3,(H2,21,22)/t10-,11-/m1/s1. The van der Waals surface area contributed by atoms with E-state index in [1.807, 2.05) is 0 Å². The first-order chi connectivity index (χ1) is 11.3. The van der Waals surface area contributed by atoms with E-state index < -0.39 is 11.7 Å². The van der Waals surface area contributed by atoms with Gasteiger partial charge in [0.2, 0.25) is 0 Å². The molecule has 3 nitrogen and oxygen atoms in total. The van der Waals surface area contributed by atoms with Crippen LogP contribution in [0.1, 0.15) is 37.1 Å². The van der Waals surface area contributed by atoms with E-state index in [4.69, 9.17) is 5.73 Å². The molecule has 1 aliphatic rings. The number of benzene rings is 1. The van der Waals surface area contributed by atoms with Gasteiger partial charge in [-0.25, -0.2) is 4.98 Å². The summed E-state index contributed by atoms with van der Waals surface area (Å²) in [6.45, 7) is 5.03. The highest BCUT2D eigenvalue weighted by Crippen LogP contribution is 2.36. The zero-order valence-electron chi connectivity index (χ0n) is 13.6. The predicted octanol–water partition coefficient (Wildman–Crippen LogP) is 4.78. The van der Waals surface area contributed by atoms with Crippen molar-refractivity contribution in [2.24, 2.45) is 0 Å². The summed E-state index contributed by atoms with van der Waals surface area (Å²) < 4.78 is 38.9. The molecule has 0 saturated carbocycles. The molecule has 0 unspecified atom stereocenters. The summed E-state index contributed by atoms with van der Waals surface area (Å²) in [6, 6.07) is 6.21. The molecule has 1 aliphatic heterocycles. The van der Waals surface area contributed by atoms with Crippen LogP contribution in [0.3, 0.4) is 0 Å². The lowest BCUT2D eigenvalue weighted by molar-refractivity contribution is -0.137. The van der Waals surface area contributed by atoms with Crippen molar-refractivity contribution >= 4 is 16.5 Å². The van der Waals surface area contributed by atoms with Crippen molar-refractivity contribution < 1.29 is 13.2 Å². The third kappa shape index (κ3) is 3.42. The molecule has 0 bridgehead atoms. The van der Waals surface area contributed by atoms with Crippen LogP contribution in [0.4, 0.5) is 18.3 Å². The first-order valence-corrected chi connectivity index (χ1v) is 8.76. The number of hydrogen-bond donors (Lipinski definition) is 1. The predicted molar refractivity (Wildman–Crippen MR) is 90.7 cm³/mol. The fraction of sp³-hybridized carbons (Fsp3) is 0.471. The SMILES string of the molecule is C[C@@H]1CC[C@@H](C)N1Cc1sc(N)nc1-c1cccc(C(F)(F)F)c1. The Morgan fingerprint density at radius 3 is 2.54 bits per heavy atom. The van der Waals surface area contributed by atoms with E-state index in [2.05, 4.69) is 23.7 Å². The summed E-state index contributed by atoms with van der Waals surface area (Å²) >= 11 is 1.36. The van der Waals surface area contributed by atoms with Gasteiger partial charge in [-0.15, -0.1) is 11.3 Å². The Hall–Kier alpha value is -1.60. The topological polar surface area (TPSA) is 42.1 Å². The van der Waals surface area contributed by atoms with E-state index in [0.29, 0.717) is 35.0 Å². The molecule has 2 aromatic rings. The van der Waals surface area contributed by atoms with Crippen LogP contribution >= 0.6 is 11.3 Å². The maximum absolute atomic E-state index is 13.0. The van der Waals surface area contributed by atoms with Gasteiger partial charge in [0.05, 0.1) is 11.3 Å². The highest BCUT2D eigenvalue weighted by atomic mass is 32.1. The monoisotopic (exact) mass is 355 g/mol. The van der Waals surface area contributed by atoms with E-state index in [1.54, 1.807) is 6.07 Å². The summed E-state index contributed by atoms with van der Waals surface area (Å²) in [6.07, 6.45) is -2.10. The molecule has 2 atom stereocenters. The van der Waals surface area contributed by atoms with Gasteiger partial charge < -0.3 is 5.73 Å². The molecule has 0 radical (unpaired) electrons. The number of likely N-dealkylation sites (tertiary alicyclic amines) is 1. The number of nitrogens with two attached hydrogens (primary N) is 1. The Morgan fingerprint density at radius 2 is 1.92 bits per heavy atom. The second kappa shape index (κ2) is 6.37. The average Bonchev–Trinajstić information content (AvgIpc) is 3.04. The van der Waals surface area contributed by atoms with Crippen LogP contribution in [0.2, 0.25) is 0 Å². The molecular weight excluding hydrogens is 335 g/mol. The van der Waals surface area contributed by atoms with E-state index in [0.717, 1.165) is 29.9 Å². The van der Waals surface area contributed by atoms with E-state index >= 15 is 0 Å². The van der Waals surface area contributed by atoms with Crippen molar-refractivity contribution in [3.05, 3.63) is 34.7 Å². The number of nitrogen functional groups attached to an aromatic ring is 1. The van der Waals surface area contributed by atoms with Gasteiger partial charge >= 0.3 is 6.18 Å². The van der Waals surface area contributed by atoms with Gasteiger partial charge in [0, 0.05) is 29.1 Å². The molecule has 24 heavy (non-hydrogen) atoms. The lowest BCUT2D eigenvalue weighted by Crippen LogP contribution is -2.31. The van der Waals surface area contributed by atoms with Crippen LogP contribution in [-0.2, 0) is 12.7 Å². The van der Waals surface area contributed by atoms with Crippen LogP contribution in [0.25, 0.3) is 11.3 Å². The minimum atomic E-state index is -4.37. The highest BCUT2D eigenvalue weighted by Gasteiger charge is 2.32. The van der Waals surface area contributed by atoms with E-state index in [1.165, 1.54) is 17.4 Å². The molecule has 1 saturated heterocycles. The van der Waals surface area contributed by atoms with E-state index in [-0.39, 0.29) is 0 Å². The number of alkyl halides is 3. The Kier molecular flexibility index (Phi) is 4.57. The number of hydrogen-bond acceptors (Lipinski definition) is 4. The third-order valence-corrected chi connectivity index (χ3v) is 5.51. The van der Waals surface area contributed by atoms with Gasteiger partial charge in [-0.2, -0.15) is 13.2 Å². The first kappa shape index (κ1) is 17.2. The van der Waals surface area contributed by atoms with E-state index in [9.17, 15) is 13.2 Å². The highest BCUT2D eigenvalue weighted by molar-refractivity contribution is 7.15. The van der Waals surface area contributed by atoms with Crippen LogP contribution in [0.5, 0.6) is 0 Å². The van der Waals surface area contributed by atoms with Gasteiger partial charge in [0.15, 0.2) is 5.13 Å². The molecule has 2 N–H and O–H groups in total. The largest absolute Gasteiger partial charge is 0.416 e. The molecule has 0 aliphatic carbocycles. The Balaban J connectivity index is 1.95. The number of aromatic nitrogens is 1.